The zero-order chi connectivity index (χ0) is 10.7. The maximum absolute atomic E-state index is 12.8. The van der Waals surface area contributed by atoms with Crippen LogP contribution in [0, 0.1) is 17.5 Å². The Kier molecular flexibility index (Phi) is 3.08. The first-order chi connectivity index (χ1) is 6.56. The van der Waals surface area contributed by atoms with Crippen molar-refractivity contribution in [2.24, 2.45) is 5.73 Å². The molecule has 1 rings (SSSR count). The van der Waals surface area contributed by atoms with Gasteiger partial charge in [0.15, 0.2) is 17.4 Å². The lowest BCUT2D eigenvalue weighted by atomic mass is 10.3. The summed E-state index contributed by atoms with van der Waals surface area (Å²) in [4.78, 5) is 10.6. The van der Waals surface area contributed by atoms with Crippen LogP contribution < -0.4 is 10.5 Å². The Morgan fingerprint density at radius 3 is 2.50 bits per heavy atom. The maximum atomic E-state index is 12.8. The lowest BCUT2D eigenvalue weighted by Gasteiger charge is -2.04. The molecule has 6 heteroatoms. The summed E-state index contributed by atoms with van der Waals surface area (Å²) in [5.74, 6) is -6.21. The Morgan fingerprint density at radius 1 is 1.29 bits per heavy atom. The van der Waals surface area contributed by atoms with Gasteiger partial charge in [-0.3, -0.25) is 4.79 Å². The minimum atomic E-state index is -1.69. The van der Waals surface area contributed by atoms with Crippen LogP contribution in [-0.4, -0.2) is 12.5 Å². The van der Waals surface area contributed by atoms with Crippen LogP contribution in [0.3, 0.4) is 0 Å². The van der Waals surface area contributed by atoms with E-state index in [0.29, 0.717) is 6.07 Å². The zero-order valence-corrected chi connectivity index (χ0v) is 6.89. The van der Waals surface area contributed by atoms with E-state index in [0.717, 1.165) is 6.07 Å². The fraction of sp³-hybridized carbons (Fsp3) is 0.125. The fourth-order valence-electron chi connectivity index (χ4n) is 0.751. The number of nitrogens with two attached hydrogens (primary N) is 1. The molecule has 0 aliphatic rings. The number of esters is 1. The number of halogens is 3. The summed E-state index contributed by atoms with van der Waals surface area (Å²) in [6.07, 6.45) is 0. The number of hydrogen-bond acceptors (Lipinski definition) is 3. The molecule has 0 saturated heterocycles. The van der Waals surface area contributed by atoms with Crippen molar-refractivity contribution in [1.29, 1.82) is 0 Å². The highest BCUT2D eigenvalue weighted by Gasteiger charge is 2.16. The van der Waals surface area contributed by atoms with Crippen LogP contribution in [-0.2, 0) is 4.79 Å². The number of hydrogen-bond donors (Lipinski definition) is 1. The van der Waals surface area contributed by atoms with Crippen LogP contribution in [0.4, 0.5) is 13.2 Å². The molecule has 0 amide bonds. The molecule has 1 aromatic carbocycles. The van der Waals surface area contributed by atoms with Crippen LogP contribution >= 0.6 is 0 Å². The van der Waals surface area contributed by atoms with Crippen LogP contribution in [0.15, 0.2) is 12.1 Å². The minimum absolute atomic E-state index is 0.474. The van der Waals surface area contributed by atoms with Crippen LogP contribution in [0.2, 0.25) is 0 Å². The van der Waals surface area contributed by atoms with Gasteiger partial charge in [0.05, 0.1) is 6.54 Å². The van der Waals surface area contributed by atoms with Gasteiger partial charge in [-0.05, 0) is 12.1 Å². The van der Waals surface area contributed by atoms with E-state index in [-0.39, 0.29) is 0 Å². The molecule has 0 fully saturated rings. The third-order valence-electron chi connectivity index (χ3n) is 1.39. The van der Waals surface area contributed by atoms with Gasteiger partial charge in [0.2, 0.25) is 5.82 Å². The molecule has 0 aromatic heterocycles. The first-order valence-corrected chi connectivity index (χ1v) is 3.60. The molecule has 0 heterocycles. The number of carbonyl (C=O) groups excluding carboxylic acids is 1. The minimum Gasteiger partial charge on any atom is -0.422 e. The summed E-state index contributed by atoms with van der Waals surface area (Å²) in [6, 6.07) is 1.46. The summed E-state index contributed by atoms with van der Waals surface area (Å²) >= 11 is 0. The summed E-state index contributed by atoms with van der Waals surface area (Å²) in [5, 5.41) is 0. The highest BCUT2D eigenvalue weighted by Crippen LogP contribution is 2.21. The van der Waals surface area contributed by atoms with E-state index >= 15 is 0 Å². The van der Waals surface area contributed by atoms with E-state index in [1.807, 2.05) is 0 Å². The Labute approximate surface area is 77.3 Å². The van der Waals surface area contributed by atoms with E-state index in [1.54, 1.807) is 0 Å². The molecule has 0 aliphatic heterocycles. The lowest BCUT2D eigenvalue weighted by Crippen LogP contribution is -2.20. The van der Waals surface area contributed by atoms with Crippen molar-refractivity contribution in [3.8, 4) is 5.75 Å². The monoisotopic (exact) mass is 205 g/mol. The Morgan fingerprint density at radius 2 is 1.93 bits per heavy atom. The Hall–Kier alpha value is -1.56. The van der Waals surface area contributed by atoms with Crippen molar-refractivity contribution in [1.82, 2.24) is 0 Å². The average molecular weight is 205 g/mol. The van der Waals surface area contributed by atoms with Gasteiger partial charge in [0.1, 0.15) is 0 Å². The van der Waals surface area contributed by atoms with E-state index in [1.165, 1.54) is 0 Å². The summed E-state index contributed by atoms with van der Waals surface area (Å²) in [6.45, 7) is -0.474. The molecule has 2 N–H and O–H groups in total. The molecule has 1 aromatic rings. The molecule has 0 spiro atoms. The van der Waals surface area contributed by atoms with Gasteiger partial charge >= 0.3 is 5.97 Å². The van der Waals surface area contributed by atoms with Crippen molar-refractivity contribution in [3.63, 3.8) is 0 Å². The van der Waals surface area contributed by atoms with Crippen molar-refractivity contribution in [3.05, 3.63) is 29.6 Å². The van der Waals surface area contributed by atoms with Gasteiger partial charge in [0.25, 0.3) is 0 Å². The molecule has 14 heavy (non-hydrogen) atoms. The molecular weight excluding hydrogens is 199 g/mol. The fourth-order valence-corrected chi connectivity index (χ4v) is 0.751. The Balaban J connectivity index is 3.00. The molecule has 3 nitrogen and oxygen atoms in total. The van der Waals surface area contributed by atoms with E-state index in [9.17, 15) is 18.0 Å². The van der Waals surface area contributed by atoms with Crippen LogP contribution in [0.1, 0.15) is 0 Å². The van der Waals surface area contributed by atoms with Gasteiger partial charge in [0, 0.05) is 0 Å². The first-order valence-electron chi connectivity index (χ1n) is 3.60. The molecular formula is C8H6F3NO2. The molecule has 0 saturated carbocycles. The van der Waals surface area contributed by atoms with E-state index in [4.69, 9.17) is 5.73 Å². The third kappa shape index (κ3) is 2.02. The lowest BCUT2D eigenvalue weighted by molar-refractivity contribution is -0.133. The molecule has 76 valence electrons. The second-order valence-corrected chi connectivity index (χ2v) is 2.35. The van der Waals surface area contributed by atoms with Gasteiger partial charge in [-0.25, -0.2) is 8.78 Å². The number of benzene rings is 1. The smallest absolute Gasteiger partial charge is 0.325 e. The van der Waals surface area contributed by atoms with Crippen molar-refractivity contribution in [2.75, 3.05) is 6.54 Å². The van der Waals surface area contributed by atoms with E-state index in [2.05, 4.69) is 4.74 Å². The predicted octanol–water partition coefficient (Wildman–Crippen LogP) is 0.968. The first kappa shape index (κ1) is 10.5. The van der Waals surface area contributed by atoms with Crippen molar-refractivity contribution in [2.45, 2.75) is 0 Å². The quantitative estimate of drug-likeness (QED) is 0.444. The maximum Gasteiger partial charge on any atom is 0.325 e. The number of rotatable bonds is 2. The van der Waals surface area contributed by atoms with Gasteiger partial charge in [-0.1, -0.05) is 0 Å². The highest BCUT2D eigenvalue weighted by molar-refractivity contribution is 5.74. The standard InChI is InChI=1S/C8H6F3NO2/c9-4-1-2-5(8(11)7(4)10)14-6(13)3-12/h1-2H,3,12H2. The van der Waals surface area contributed by atoms with Gasteiger partial charge < -0.3 is 10.5 Å². The molecule has 0 aliphatic carbocycles. The largest absolute Gasteiger partial charge is 0.422 e. The summed E-state index contributed by atoms with van der Waals surface area (Å²) in [5.41, 5.74) is 4.87. The van der Waals surface area contributed by atoms with E-state index < -0.39 is 35.7 Å². The SMILES string of the molecule is NCC(=O)Oc1ccc(F)c(F)c1F. The summed E-state index contributed by atoms with van der Waals surface area (Å²) in [7, 11) is 0. The Bertz CT molecular complexity index is 368. The highest BCUT2D eigenvalue weighted by atomic mass is 19.2. The molecule has 0 atom stereocenters. The normalized spacial score (nSPS) is 10.0. The van der Waals surface area contributed by atoms with Crippen LogP contribution in [0.25, 0.3) is 0 Å². The molecule has 0 radical (unpaired) electrons. The van der Waals surface area contributed by atoms with Crippen molar-refractivity contribution < 1.29 is 22.7 Å². The second-order valence-electron chi connectivity index (χ2n) is 2.35. The topological polar surface area (TPSA) is 52.3 Å². The predicted molar refractivity (Wildman–Crippen MR) is 41.0 cm³/mol. The van der Waals surface area contributed by atoms with Gasteiger partial charge in [-0.15, -0.1) is 0 Å². The number of carbonyl (C=O) groups is 1. The average Bonchev–Trinajstić information content (AvgIpc) is 2.19. The second kappa shape index (κ2) is 4.10. The van der Waals surface area contributed by atoms with Crippen LogP contribution in [0.5, 0.6) is 5.75 Å². The summed E-state index contributed by atoms with van der Waals surface area (Å²) < 4.78 is 42.1. The molecule has 0 unspecified atom stereocenters. The number of ether oxygens (including phenoxy) is 1. The third-order valence-corrected chi connectivity index (χ3v) is 1.39. The van der Waals surface area contributed by atoms with Crippen molar-refractivity contribution >= 4 is 5.97 Å². The van der Waals surface area contributed by atoms with Gasteiger partial charge in [-0.2, -0.15) is 4.39 Å². The molecule has 0 bridgehead atoms. The zero-order valence-electron chi connectivity index (χ0n) is 6.89.